The zero-order valence-corrected chi connectivity index (χ0v) is 9.03. The summed E-state index contributed by atoms with van der Waals surface area (Å²) in [7, 11) is 1.50. The fourth-order valence-corrected chi connectivity index (χ4v) is 0.819. The van der Waals surface area contributed by atoms with E-state index < -0.39 is 6.29 Å². The Hall–Kier alpha value is -0.160. The van der Waals surface area contributed by atoms with Gasteiger partial charge in [-0.05, 0) is 19.9 Å². The first-order chi connectivity index (χ1) is 6.11. The van der Waals surface area contributed by atoms with Crippen LogP contribution >= 0.6 is 0 Å². The Morgan fingerprint density at radius 2 is 1.77 bits per heavy atom. The van der Waals surface area contributed by atoms with Gasteiger partial charge in [-0.25, -0.2) is 0 Å². The zero-order valence-electron chi connectivity index (χ0n) is 9.03. The lowest BCUT2D eigenvalue weighted by Crippen LogP contribution is -2.40. The second kappa shape index (κ2) is 9.92. The third-order valence-electron chi connectivity index (χ3n) is 1.51. The van der Waals surface area contributed by atoms with Crippen molar-refractivity contribution < 1.29 is 14.9 Å². The number of nitrogens with two attached hydrogens (primary N) is 1. The number of hydrogen-bond acceptors (Lipinski definition) is 4. The molecule has 0 spiro atoms. The van der Waals surface area contributed by atoms with Crippen molar-refractivity contribution in [2.45, 2.75) is 39.6 Å². The molecule has 4 nitrogen and oxygen atoms in total. The largest absolute Gasteiger partial charge is 0.397 e. The molecule has 4 heteroatoms. The topological polar surface area (TPSA) is 75.7 Å². The zero-order chi connectivity index (χ0) is 10.9. The Labute approximate surface area is 80.7 Å². The van der Waals surface area contributed by atoms with Gasteiger partial charge in [-0.15, -0.1) is 0 Å². The second-order valence-corrected chi connectivity index (χ2v) is 2.93. The Morgan fingerprint density at radius 3 is 1.85 bits per heavy atom. The highest BCUT2D eigenvalue weighted by Gasteiger charge is 2.29. The minimum atomic E-state index is -0.470. The monoisotopic (exact) mass is 193 g/mol. The van der Waals surface area contributed by atoms with Crippen molar-refractivity contribution in [1.29, 1.82) is 0 Å². The molecule has 1 aliphatic heterocycles. The van der Waals surface area contributed by atoms with Crippen LogP contribution in [0, 0.1) is 5.92 Å². The predicted octanol–water partition coefficient (Wildman–Crippen LogP) is 0.323. The second-order valence-electron chi connectivity index (χ2n) is 2.93. The molecule has 0 amide bonds. The molecule has 82 valence electrons. The van der Waals surface area contributed by atoms with Gasteiger partial charge in [0.25, 0.3) is 0 Å². The van der Waals surface area contributed by atoms with Crippen LogP contribution in [0.1, 0.15) is 27.2 Å². The highest BCUT2D eigenvalue weighted by molar-refractivity contribution is 4.72. The van der Waals surface area contributed by atoms with E-state index in [1.165, 1.54) is 7.05 Å². The van der Waals surface area contributed by atoms with Crippen molar-refractivity contribution in [2.75, 3.05) is 13.7 Å². The van der Waals surface area contributed by atoms with Gasteiger partial charge in [-0.2, -0.15) is 0 Å². The molecule has 0 aliphatic carbocycles. The number of aliphatic hydroxyl groups excluding tert-OH is 2. The predicted molar refractivity (Wildman–Crippen MR) is 53.2 cm³/mol. The van der Waals surface area contributed by atoms with Crippen molar-refractivity contribution >= 4 is 0 Å². The summed E-state index contributed by atoms with van der Waals surface area (Å²) < 4.78 is 4.96. The number of hydrogen-bond donors (Lipinski definition) is 3. The van der Waals surface area contributed by atoms with Crippen molar-refractivity contribution in [1.82, 2.24) is 0 Å². The van der Waals surface area contributed by atoms with Gasteiger partial charge in [0.2, 0.25) is 0 Å². The fraction of sp³-hybridized carbons (Fsp3) is 1.00. The first kappa shape index (κ1) is 15.3. The minimum Gasteiger partial charge on any atom is -0.397 e. The maximum Gasteiger partial charge on any atom is 0.157 e. The van der Waals surface area contributed by atoms with Crippen LogP contribution in [0.3, 0.4) is 0 Å². The van der Waals surface area contributed by atoms with E-state index in [-0.39, 0.29) is 6.61 Å². The molecule has 0 radical (unpaired) electrons. The van der Waals surface area contributed by atoms with Gasteiger partial charge in [0.05, 0.1) is 6.10 Å². The molecule has 0 aromatic heterocycles. The molecule has 0 aromatic carbocycles. The van der Waals surface area contributed by atoms with E-state index in [1.54, 1.807) is 6.92 Å². The van der Waals surface area contributed by atoms with Crippen LogP contribution < -0.4 is 5.73 Å². The van der Waals surface area contributed by atoms with Crippen molar-refractivity contribution in [3.63, 3.8) is 0 Å². The Bertz CT molecular complexity index is 92.9. The standard InChI is InChI=1S/C6H12O2.C2H6O.CH5N/c1-4(2)5-3-6(7)8-5;1-2-3;1-2/h4-7H,3H2,1-2H3;3H,2H2,1H3;2H2,1H3. The molecule has 1 saturated heterocycles. The smallest absolute Gasteiger partial charge is 0.157 e. The van der Waals surface area contributed by atoms with E-state index in [1.807, 2.05) is 0 Å². The highest BCUT2D eigenvalue weighted by Crippen LogP contribution is 2.24. The molecule has 1 rings (SSSR count). The molecule has 0 saturated carbocycles. The molecule has 1 fully saturated rings. The maximum absolute atomic E-state index is 8.64. The van der Waals surface area contributed by atoms with Crippen LogP contribution in [0.5, 0.6) is 0 Å². The van der Waals surface area contributed by atoms with Crippen molar-refractivity contribution in [3.8, 4) is 0 Å². The van der Waals surface area contributed by atoms with E-state index in [2.05, 4.69) is 19.6 Å². The number of aliphatic hydroxyl groups is 2. The quantitative estimate of drug-likeness (QED) is 0.560. The summed E-state index contributed by atoms with van der Waals surface area (Å²) >= 11 is 0. The third-order valence-corrected chi connectivity index (χ3v) is 1.51. The molecule has 1 aliphatic rings. The lowest BCUT2D eigenvalue weighted by Gasteiger charge is -2.34. The van der Waals surface area contributed by atoms with Gasteiger partial charge in [-0.1, -0.05) is 13.8 Å². The van der Waals surface area contributed by atoms with Gasteiger partial charge in [0.15, 0.2) is 6.29 Å². The first-order valence-electron chi connectivity index (χ1n) is 4.63. The highest BCUT2D eigenvalue weighted by atomic mass is 16.6. The van der Waals surface area contributed by atoms with Crippen LogP contribution in [-0.4, -0.2) is 36.3 Å². The lowest BCUT2D eigenvalue weighted by atomic mass is 10.00. The summed E-state index contributed by atoms with van der Waals surface area (Å²) in [6.07, 6.45) is 0.657. The Kier molecular flexibility index (Phi) is 11.7. The first-order valence-corrected chi connectivity index (χ1v) is 4.63. The third kappa shape index (κ3) is 8.18. The average molecular weight is 193 g/mol. The fourth-order valence-electron chi connectivity index (χ4n) is 0.819. The van der Waals surface area contributed by atoms with E-state index in [4.69, 9.17) is 14.9 Å². The summed E-state index contributed by atoms with van der Waals surface area (Å²) in [4.78, 5) is 0. The summed E-state index contributed by atoms with van der Waals surface area (Å²) in [5.74, 6) is 0.554. The van der Waals surface area contributed by atoms with E-state index >= 15 is 0 Å². The van der Waals surface area contributed by atoms with E-state index in [9.17, 15) is 0 Å². The van der Waals surface area contributed by atoms with Crippen LogP contribution in [0.4, 0.5) is 0 Å². The SMILES string of the molecule is CC(C)C1CC(O)O1.CCO.CN. The molecule has 13 heavy (non-hydrogen) atoms. The van der Waals surface area contributed by atoms with E-state index in [0.29, 0.717) is 12.0 Å². The summed E-state index contributed by atoms with van der Waals surface area (Å²) in [6, 6.07) is 0. The maximum atomic E-state index is 8.64. The molecule has 2 atom stereocenters. The summed E-state index contributed by atoms with van der Waals surface area (Å²) in [6.45, 7) is 6.12. The van der Waals surface area contributed by atoms with Gasteiger partial charge < -0.3 is 20.7 Å². The molecule has 0 aromatic rings. The normalized spacial score (nSPS) is 24.9. The Balaban J connectivity index is 0. The van der Waals surface area contributed by atoms with Crippen molar-refractivity contribution in [2.24, 2.45) is 11.7 Å². The molecular formula is C9H23NO3. The van der Waals surface area contributed by atoms with Crippen LogP contribution in [-0.2, 0) is 4.74 Å². The number of rotatable bonds is 1. The van der Waals surface area contributed by atoms with E-state index in [0.717, 1.165) is 6.42 Å². The molecule has 4 N–H and O–H groups in total. The van der Waals surface area contributed by atoms with Gasteiger partial charge in [0.1, 0.15) is 0 Å². The summed E-state index contributed by atoms with van der Waals surface area (Å²) in [5, 5.41) is 16.2. The Morgan fingerprint density at radius 1 is 1.46 bits per heavy atom. The molecule has 0 bridgehead atoms. The van der Waals surface area contributed by atoms with Gasteiger partial charge in [-0.3, -0.25) is 0 Å². The molecule has 1 heterocycles. The lowest BCUT2D eigenvalue weighted by molar-refractivity contribution is -0.244. The minimum absolute atomic E-state index is 0.250. The number of ether oxygens (including phenoxy) is 1. The van der Waals surface area contributed by atoms with Crippen LogP contribution in [0.25, 0.3) is 0 Å². The summed E-state index contributed by atoms with van der Waals surface area (Å²) in [5.41, 5.74) is 4.50. The van der Waals surface area contributed by atoms with Gasteiger partial charge in [0, 0.05) is 13.0 Å². The van der Waals surface area contributed by atoms with Crippen LogP contribution in [0.2, 0.25) is 0 Å². The average Bonchev–Trinajstić information content (AvgIpc) is 2.04. The van der Waals surface area contributed by atoms with Gasteiger partial charge >= 0.3 is 0 Å². The molecular weight excluding hydrogens is 170 g/mol. The van der Waals surface area contributed by atoms with Crippen LogP contribution in [0.15, 0.2) is 0 Å². The molecule has 2 unspecified atom stereocenters. The van der Waals surface area contributed by atoms with Crippen molar-refractivity contribution in [3.05, 3.63) is 0 Å².